The Balaban J connectivity index is 0.000000276. The Morgan fingerprint density at radius 1 is 0.861 bits per heavy atom. The second-order valence-corrected chi connectivity index (χ2v) is 10.3. The fraction of sp³-hybridized carbons (Fsp3) is 0.821. The van der Waals surface area contributed by atoms with Gasteiger partial charge in [-0.2, -0.15) is 0 Å². The van der Waals surface area contributed by atoms with Gasteiger partial charge in [0.1, 0.15) is 11.6 Å². The SMILES string of the molecule is C/C=C1\CCCCC1=O.CC(C[N+](=O)[O-])C1CCCCC1=O.COC(OC)C(C)C1CCCCC1=O. The largest absolute Gasteiger partial charge is 0.356 e. The zero-order chi connectivity index (χ0) is 27.1. The van der Waals surface area contributed by atoms with E-state index in [9.17, 15) is 24.5 Å². The molecular weight excluding hydrogens is 462 g/mol. The van der Waals surface area contributed by atoms with Crippen LogP contribution in [0.4, 0.5) is 0 Å². The van der Waals surface area contributed by atoms with Gasteiger partial charge in [0.05, 0.1) is 0 Å². The lowest BCUT2D eigenvalue weighted by Crippen LogP contribution is -2.34. The second kappa shape index (κ2) is 17.5. The number of nitro groups is 1. The molecule has 0 radical (unpaired) electrons. The van der Waals surface area contributed by atoms with E-state index in [1.54, 1.807) is 21.1 Å². The van der Waals surface area contributed by atoms with Crippen molar-refractivity contribution in [3.8, 4) is 0 Å². The highest BCUT2D eigenvalue weighted by Gasteiger charge is 2.32. The summed E-state index contributed by atoms with van der Waals surface area (Å²) in [7, 11) is 3.25. The summed E-state index contributed by atoms with van der Waals surface area (Å²) in [6.07, 6.45) is 13.2. The van der Waals surface area contributed by atoms with Crippen LogP contribution in [0.25, 0.3) is 0 Å². The van der Waals surface area contributed by atoms with Crippen LogP contribution in [0.3, 0.4) is 0 Å². The molecule has 0 amide bonds. The molecule has 0 N–H and O–H groups in total. The zero-order valence-corrected chi connectivity index (χ0v) is 23.0. The van der Waals surface area contributed by atoms with Crippen LogP contribution in [0.5, 0.6) is 0 Å². The molecule has 4 unspecified atom stereocenters. The van der Waals surface area contributed by atoms with Crippen LogP contribution in [0, 0.1) is 33.8 Å². The van der Waals surface area contributed by atoms with Crippen LogP contribution in [-0.2, 0) is 23.9 Å². The predicted octanol–water partition coefficient (Wildman–Crippen LogP) is 5.74. The first-order valence-electron chi connectivity index (χ1n) is 13.6. The van der Waals surface area contributed by atoms with Crippen molar-refractivity contribution in [2.45, 2.75) is 104 Å². The van der Waals surface area contributed by atoms with E-state index in [-0.39, 0.29) is 47.2 Å². The molecule has 0 spiro atoms. The molecule has 0 aliphatic heterocycles. The molecule has 3 aliphatic carbocycles. The highest BCUT2D eigenvalue weighted by Crippen LogP contribution is 2.30. The first-order valence-corrected chi connectivity index (χ1v) is 13.6. The summed E-state index contributed by atoms with van der Waals surface area (Å²) in [4.78, 5) is 43.9. The van der Waals surface area contributed by atoms with Gasteiger partial charge in [-0.15, -0.1) is 0 Å². The average molecular weight is 510 g/mol. The third-order valence-electron chi connectivity index (χ3n) is 7.66. The van der Waals surface area contributed by atoms with Crippen LogP contribution < -0.4 is 0 Å². The maximum Gasteiger partial charge on any atom is 0.207 e. The number of carbonyl (C=O) groups is 3. The number of allylic oxidation sites excluding steroid dienone is 2. The Kier molecular flexibility index (Phi) is 15.6. The van der Waals surface area contributed by atoms with Gasteiger partial charge in [0.15, 0.2) is 12.1 Å². The first kappa shape index (κ1) is 32.1. The Hall–Kier alpha value is -1.93. The molecule has 4 atom stereocenters. The lowest BCUT2D eigenvalue weighted by Gasteiger charge is -2.30. The monoisotopic (exact) mass is 509 g/mol. The Bertz CT molecular complexity index is 744. The Labute approximate surface area is 216 Å². The van der Waals surface area contributed by atoms with Crippen molar-refractivity contribution in [1.29, 1.82) is 0 Å². The van der Waals surface area contributed by atoms with Gasteiger partial charge in [-0.05, 0) is 57.4 Å². The van der Waals surface area contributed by atoms with E-state index in [1.165, 1.54) is 6.42 Å². The van der Waals surface area contributed by atoms with Gasteiger partial charge in [-0.3, -0.25) is 24.5 Å². The number of carbonyl (C=O) groups excluding carboxylic acids is 3. The van der Waals surface area contributed by atoms with Gasteiger partial charge in [-0.25, -0.2) is 0 Å². The van der Waals surface area contributed by atoms with E-state index in [0.717, 1.165) is 69.8 Å². The average Bonchev–Trinajstić information content (AvgIpc) is 2.86. The molecule has 3 saturated carbocycles. The molecule has 3 fully saturated rings. The van der Waals surface area contributed by atoms with Crippen molar-refractivity contribution < 1.29 is 28.8 Å². The molecule has 0 aromatic heterocycles. The van der Waals surface area contributed by atoms with Crippen molar-refractivity contribution in [3.63, 3.8) is 0 Å². The quantitative estimate of drug-likeness (QED) is 0.186. The Morgan fingerprint density at radius 2 is 1.36 bits per heavy atom. The number of rotatable bonds is 7. The summed E-state index contributed by atoms with van der Waals surface area (Å²) in [5, 5.41) is 10.3. The maximum atomic E-state index is 11.7. The summed E-state index contributed by atoms with van der Waals surface area (Å²) >= 11 is 0. The molecule has 3 rings (SSSR count). The van der Waals surface area contributed by atoms with Crippen molar-refractivity contribution >= 4 is 17.3 Å². The molecule has 36 heavy (non-hydrogen) atoms. The number of methoxy groups -OCH3 is 2. The fourth-order valence-electron chi connectivity index (χ4n) is 5.46. The van der Waals surface area contributed by atoms with Crippen molar-refractivity contribution in [2.75, 3.05) is 20.8 Å². The molecule has 0 aromatic carbocycles. The summed E-state index contributed by atoms with van der Waals surface area (Å²) in [5.41, 5.74) is 1.04. The van der Waals surface area contributed by atoms with Gasteiger partial charge in [0.2, 0.25) is 6.54 Å². The molecule has 206 valence electrons. The molecule has 0 bridgehead atoms. The van der Waals surface area contributed by atoms with Gasteiger partial charge in [0.25, 0.3) is 0 Å². The van der Waals surface area contributed by atoms with Gasteiger partial charge in [0, 0.05) is 62.1 Å². The first-order chi connectivity index (χ1) is 17.2. The van der Waals surface area contributed by atoms with Crippen molar-refractivity contribution in [2.24, 2.45) is 23.7 Å². The molecule has 8 nitrogen and oxygen atoms in total. The minimum atomic E-state index is -0.327. The van der Waals surface area contributed by atoms with Crippen LogP contribution in [0.1, 0.15) is 97.8 Å². The van der Waals surface area contributed by atoms with E-state index >= 15 is 0 Å². The number of ketones is 3. The van der Waals surface area contributed by atoms with E-state index in [0.29, 0.717) is 18.0 Å². The summed E-state index contributed by atoms with van der Waals surface area (Å²) in [6, 6.07) is 0. The van der Waals surface area contributed by atoms with Crippen LogP contribution >= 0.6 is 0 Å². The predicted molar refractivity (Wildman–Crippen MR) is 139 cm³/mol. The topological polar surface area (TPSA) is 113 Å². The molecule has 0 heterocycles. The minimum Gasteiger partial charge on any atom is -0.356 e. The number of ether oxygens (including phenoxy) is 2. The number of nitrogens with zero attached hydrogens (tertiary/aromatic N) is 1. The van der Waals surface area contributed by atoms with Gasteiger partial charge in [-0.1, -0.05) is 32.8 Å². The summed E-state index contributed by atoms with van der Waals surface area (Å²) in [6.45, 7) is 5.71. The molecule has 8 heteroatoms. The fourth-order valence-corrected chi connectivity index (χ4v) is 5.46. The maximum absolute atomic E-state index is 11.7. The third-order valence-corrected chi connectivity index (χ3v) is 7.66. The zero-order valence-electron chi connectivity index (χ0n) is 23.0. The third kappa shape index (κ3) is 11.0. The number of hydrogen-bond acceptors (Lipinski definition) is 7. The van der Waals surface area contributed by atoms with Crippen LogP contribution in [0.15, 0.2) is 11.6 Å². The molecule has 0 saturated heterocycles. The van der Waals surface area contributed by atoms with E-state index < -0.39 is 0 Å². The standard InChI is InChI=1S/C11H20O3.C9H15NO3.C8H12O/c1-8(11(13-2)14-3)9-6-4-5-7-10(9)12;1-7(6-10(12)13)8-4-2-3-5-9(8)11;1-2-7-5-3-4-6-8(7)9/h8-9,11H,4-7H2,1-3H3;7-8H,2-6H2,1H3;2H,3-6H2,1H3/b;;7-2+. The highest BCUT2D eigenvalue weighted by molar-refractivity contribution is 5.95. The van der Waals surface area contributed by atoms with E-state index in [4.69, 9.17) is 9.47 Å². The smallest absolute Gasteiger partial charge is 0.207 e. The van der Waals surface area contributed by atoms with Crippen LogP contribution in [-0.4, -0.2) is 49.3 Å². The van der Waals surface area contributed by atoms with E-state index in [1.807, 2.05) is 19.9 Å². The normalized spacial score (nSPS) is 25.4. The van der Waals surface area contributed by atoms with E-state index in [2.05, 4.69) is 0 Å². The molecule has 0 aromatic rings. The summed E-state index contributed by atoms with van der Waals surface area (Å²) < 4.78 is 10.4. The van der Waals surface area contributed by atoms with Crippen molar-refractivity contribution in [1.82, 2.24) is 0 Å². The summed E-state index contributed by atoms with van der Waals surface area (Å²) in [5.74, 6) is 1.11. The minimum absolute atomic E-state index is 0.0563. The van der Waals surface area contributed by atoms with Gasteiger partial charge < -0.3 is 9.47 Å². The number of Topliss-reactive ketones (excluding diaryl/α,β-unsaturated/α-hetero) is 3. The van der Waals surface area contributed by atoms with Crippen molar-refractivity contribution in [3.05, 3.63) is 21.8 Å². The lowest BCUT2D eigenvalue weighted by molar-refractivity contribution is -0.488. The van der Waals surface area contributed by atoms with Crippen LogP contribution in [0.2, 0.25) is 0 Å². The van der Waals surface area contributed by atoms with Gasteiger partial charge >= 0.3 is 0 Å². The highest BCUT2D eigenvalue weighted by atomic mass is 16.7. The molecular formula is C28H47NO7. The molecule has 3 aliphatic rings. The second-order valence-electron chi connectivity index (χ2n) is 10.3. The Morgan fingerprint density at radius 3 is 1.78 bits per heavy atom. The number of hydrogen-bond donors (Lipinski definition) is 0. The lowest BCUT2D eigenvalue weighted by atomic mass is 9.79.